The number of hydrogen-bond acceptors (Lipinski definition) is 2. The predicted octanol–water partition coefficient (Wildman–Crippen LogP) is 5.13. The van der Waals surface area contributed by atoms with Crippen molar-refractivity contribution in [1.82, 2.24) is 0 Å². The molecule has 2 aromatic rings. The van der Waals surface area contributed by atoms with Crippen molar-refractivity contribution in [3.63, 3.8) is 0 Å². The number of carbonyl (C=O) groups excluding carboxylic acids is 1. The Hall–Kier alpha value is -1.71. The van der Waals surface area contributed by atoms with Gasteiger partial charge in [0.25, 0.3) is 5.91 Å². The fourth-order valence-corrected chi connectivity index (χ4v) is 2.89. The third-order valence-electron chi connectivity index (χ3n) is 3.44. The van der Waals surface area contributed by atoms with Crippen LogP contribution in [-0.4, -0.2) is 13.0 Å². The van der Waals surface area contributed by atoms with Gasteiger partial charge in [0.05, 0.1) is 17.7 Å². The summed E-state index contributed by atoms with van der Waals surface area (Å²) in [6, 6.07) is 9.01. The molecule has 0 spiro atoms. The zero-order chi connectivity index (χ0) is 16.3. The van der Waals surface area contributed by atoms with Gasteiger partial charge in [0.15, 0.2) is 0 Å². The number of halogens is 2. The van der Waals surface area contributed by atoms with Crippen molar-refractivity contribution < 1.29 is 9.53 Å². The number of carbonyl (C=O) groups is 1. The number of amides is 1. The number of rotatable bonds is 4. The van der Waals surface area contributed by atoms with Crippen molar-refractivity contribution in [1.29, 1.82) is 0 Å². The highest BCUT2D eigenvalue weighted by molar-refractivity contribution is 6.36. The van der Waals surface area contributed by atoms with Gasteiger partial charge in [0.1, 0.15) is 5.75 Å². The maximum Gasteiger partial charge on any atom is 0.259 e. The first-order chi connectivity index (χ1) is 10.5. The molecular formula is C17H17Cl2NO2. The van der Waals surface area contributed by atoms with Gasteiger partial charge in [-0.3, -0.25) is 4.79 Å². The monoisotopic (exact) mass is 337 g/mol. The van der Waals surface area contributed by atoms with E-state index >= 15 is 0 Å². The van der Waals surface area contributed by atoms with E-state index in [4.69, 9.17) is 27.9 Å². The summed E-state index contributed by atoms with van der Waals surface area (Å²) in [7, 11) is 1.47. The summed E-state index contributed by atoms with van der Waals surface area (Å²) in [6.07, 6.45) is 0.824. The average Bonchev–Trinajstić information content (AvgIpc) is 2.48. The van der Waals surface area contributed by atoms with Crippen LogP contribution in [0.25, 0.3) is 0 Å². The van der Waals surface area contributed by atoms with Crippen molar-refractivity contribution in [3.8, 4) is 5.75 Å². The molecule has 3 nitrogen and oxygen atoms in total. The van der Waals surface area contributed by atoms with Crippen LogP contribution >= 0.6 is 23.2 Å². The predicted molar refractivity (Wildman–Crippen MR) is 91.5 cm³/mol. The lowest BCUT2D eigenvalue weighted by molar-refractivity contribution is 0.102. The first-order valence-corrected chi connectivity index (χ1v) is 7.66. The summed E-state index contributed by atoms with van der Waals surface area (Å²) in [5.41, 5.74) is 3.19. The van der Waals surface area contributed by atoms with Crippen LogP contribution < -0.4 is 10.1 Å². The molecule has 0 radical (unpaired) electrons. The number of para-hydroxylation sites is 1. The number of methoxy groups -OCH3 is 1. The number of nitrogens with one attached hydrogen (secondary N) is 1. The Labute approximate surface area is 140 Å². The number of ether oxygens (including phenoxy) is 1. The second-order valence-corrected chi connectivity index (χ2v) is 5.73. The van der Waals surface area contributed by atoms with Gasteiger partial charge in [-0.2, -0.15) is 0 Å². The topological polar surface area (TPSA) is 38.3 Å². The van der Waals surface area contributed by atoms with Gasteiger partial charge in [-0.05, 0) is 36.6 Å². The zero-order valence-corrected chi connectivity index (χ0v) is 14.2. The fourth-order valence-electron chi connectivity index (χ4n) is 2.32. The summed E-state index contributed by atoms with van der Waals surface area (Å²) in [4.78, 5) is 12.6. The molecule has 22 heavy (non-hydrogen) atoms. The van der Waals surface area contributed by atoms with Crippen LogP contribution in [0.2, 0.25) is 10.0 Å². The Bertz CT molecular complexity index is 714. The highest BCUT2D eigenvalue weighted by Crippen LogP contribution is 2.33. The molecule has 0 aliphatic carbocycles. The summed E-state index contributed by atoms with van der Waals surface area (Å²) >= 11 is 12.1. The molecule has 116 valence electrons. The maximum absolute atomic E-state index is 12.6. The van der Waals surface area contributed by atoms with E-state index in [2.05, 4.69) is 5.32 Å². The lowest BCUT2D eigenvalue weighted by atomic mass is 10.1. The molecule has 0 aliphatic heterocycles. The third kappa shape index (κ3) is 3.37. The fraction of sp³-hybridized carbons (Fsp3) is 0.235. The minimum atomic E-state index is -0.301. The Kier molecular flexibility index (Phi) is 5.33. The normalized spacial score (nSPS) is 10.4. The van der Waals surface area contributed by atoms with E-state index in [1.807, 2.05) is 32.0 Å². The molecule has 0 heterocycles. The van der Waals surface area contributed by atoms with E-state index in [1.54, 1.807) is 12.1 Å². The van der Waals surface area contributed by atoms with Gasteiger partial charge in [-0.1, -0.05) is 48.3 Å². The molecule has 0 unspecified atom stereocenters. The lowest BCUT2D eigenvalue weighted by Gasteiger charge is -2.15. The molecule has 0 atom stereocenters. The molecular weight excluding hydrogens is 321 g/mol. The summed E-state index contributed by atoms with van der Waals surface area (Å²) in [6.45, 7) is 4.00. The molecule has 0 saturated carbocycles. The first-order valence-electron chi connectivity index (χ1n) is 6.90. The molecule has 5 heteroatoms. The van der Waals surface area contributed by atoms with Crippen LogP contribution in [0, 0.1) is 6.92 Å². The molecule has 1 N–H and O–H groups in total. The molecule has 0 aliphatic rings. The Morgan fingerprint density at radius 1 is 1.27 bits per heavy atom. The maximum atomic E-state index is 12.6. The largest absolute Gasteiger partial charge is 0.494 e. The Morgan fingerprint density at radius 3 is 2.64 bits per heavy atom. The molecule has 2 rings (SSSR count). The van der Waals surface area contributed by atoms with Crippen molar-refractivity contribution in [2.24, 2.45) is 0 Å². The van der Waals surface area contributed by atoms with Gasteiger partial charge in [0, 0.05) is 10.7 Å². The smallest absolute Gasteiger partial charge is 0.259 e. The van der Waals surface area contributed by atoms with E-state index in [0.29, 0.717) is 21.4 Å². The molecule has 0 saturated heterocycles. The quantitative estimate of drug-likeness (QED) is 0.840. The van der Waals surface area contributed by atoms with Crippen molar-refractivity contribution in [2.75, 3.05) is 12.4 Å². The van der Waals surface area contributed by atoms with Gasteiger partial charge < -0.3 is 10.1 Å². The Morgan fingerprint density at radius 2 is 2.00 bits per heavy atom. The number of anilines is 1. The molecule has 0 aromatic heterocycles. The molecule has 2 aromatic carbocycles. The van der Waals surface area contributed by atoms with Gasteiger partial charge in [-0.15, -0.1) is 0 Å². The van der Waals surface area contributed by atoms with Crippen LogP contribution in [0.1, 0.15) is 28.4 Å². The average molecular weight is 338 g/mol. The third-order valence-corrected chi connectivity index (χ3v) is 3.93. The minimum absolute atomic E-state index is 0.301. The second kappa shape index (κ2) is 7.03. The summed E-state index contributed by atoms with van der Waals surface area (Å²) < 4.78 is 5.23. The van der Waals surface area contributed by atoms with Gasteiger partial charge in [-0.25, -0.2) is 0 Å². The Balaban J connectivity index is 2.43. The minimum Gasteiger partial charge on any atom is -0.494 e. The van der Waals surface area contributed by atoms with Gasteiger partial charge >= 0.3 is 0 Å². The van der Waals surface area contributed by atoms with Crippen molar-refractivity contribution in [2.45, 2.75) is 20.3 Å². The highest BCUT2D eigenvalue weighted by atomic mass is 35.5. The van der Waals surface area contributed by atoms with E-state index in [0.717, 1.165) is 23.2 Å². The van der Waals surface area contributed by atoms with Crippen LogP contribution in [0.4, 0.5) is 5.69 Å². The first kappa shape index (κ1) is 16.7. The second-order valence-electron chi connectivity index (χ2n) is 4.89. The van der Waals surface area contributed by atoms with Gasteiger partial charge in [0.2, 0.25) is 0 Å². The molecule has 0 fully saturated rings. The lowest BCUT2D eigenvalue weighted by Crippen LogP contribution is -2.15. The van der Waals surface area contributed by atoms with Crippen LogP contribution in [0.3, 0.4) is 0 Å². The standard InChI is InChI=1S/C17H17Cl2NO2/c1-4-11-7-5-6-10(2)15(11)20-17(21)13-8-12(18)9-14(19)16(13)22-3/h5-9H,4H2,1-3H3,(H,20,21). The molecule has 1 amide bonds. The zero-order valence-electron chi connectivity index (χ0n) is 12.7. The summed E-state index contributed by atoms with van der Waals surface area (Å²) in [5, 5.41) is 3.63. The summed E-state index contributed by atoms with van der Waals surface area (Å²) in [5.74, 6) is 0.0143. The van der Waals surface area contributed by atoms with Crippen LogP contribution in [0.15, 0.2) is 30.3 Å². The SMILES string of the molecule is CCc1cccc(C)c1NC(=O)c1cc(Cl)cc(Cl)c1OC. The highest BCUT2D eigenvalue weighted by Gasteiger charge is 2.18. The number of hydrogen-bond donors (Lipinski definition) is 1. The van der Waals surface area contributed by atoms with Crippen molar-refractivity contribution >= 4 is 34.8 Å². The number of benzene rings is 2. The van der Waals surface area contributed by atoms with E-state index in [9.17, 15) is 4.79 Å². The van der Waals surface area contributed by atoms with Crippen molar-refractivity contribution in [3.05, 3.63) is 57.1 Å². The van der Waals surface area contributed by atoms with E-state index in [1.165, 1.54) is 7.11 Å². The molecule has 0 bridgehead atoms. The van der Waals surface area contributed by atoms with E-state index < -0.39 is 0 Å². The number of aryl methyl sites for hydroxylation is 2. The van der Waals surface area contributed by atoms with Crippen LogP contribution in [-0.2, 0) is 6.42 Å². The van der Waals surface area contributed by atoms with Crippen LogP contribution in [0.5, 0.6) is 5.75 Å². The van der Waals surface area contributed by atoms with E-state index in [-0.39, 0.29) is 5.91 Å².